The highest BCUT2D eigenvalue weighted by atomic mass is 19.4. The van der Waals surface area contributed by atoms with Gasteiger partial charge in [-0.25, -0.2) is 4.98 Å². The van der Waals surface area contributed by atoms with E-state index >= 15 is 0 Å². The maximum atomic E-state index is 13.0. The van der Waals surface area contributed by atoms with Crippen LogP contribution in [0.1, 0.15) is 19.3 Å². The molecular weight excluding hydrogens is 515 g/mol. The third kappa shape index (κ3) is 6.59. The standard InChI is InChI=1S/C26H30F3N7O3/c27-26(28,29)39-20-6-4-19(5-7-20)24-25(36-11-8-30-16-21(36)32-24)31-17-22(37)35-14-12-33(13-15-35)18-23(38)34-9-2-1-3-10-34/h4-8,11,16,31H,1-3,9-10,12-15,17-18H2. The minimum absolute atomic E-state index is 0.00505. The molecule has 0 spiro atoms. The summed E-state index contributed by atoms with van der Waals surface area (Å²) >= 11 is 0. The Morgan fingerprint density at radius 2 is 1.62 bits per heavy atom. The number of carbonyl (C=O) groups is 2. The van der Waals surface area contributed by atoms with Crippen LogP contribution < -0.4 is 10.1 Å². The number of anilines is 1. The van der Waals surface area contributed by atoms with Gasteiger partial charge in [0.2, 0.25) is 11.8 Å². The summed E-state index contributed by atoms with van der Waals surface area (Å²) in [6, 6.07) is 5.40. The van der Waals surface area contributed by atoms with Crippen LogP contribution in [0.25, 0.3) is 16.9 Å². The Kier molecular flexibility index (Phi) is 7.87. The van der Waals surface area contributed by atoms with Crippen LogP contribution in [0.5, 0.6) is 5.75 Å². The Morgan fingerprint density at radius 3 is 2.31 bits per heavy atom. The van der Waals surface area contributed by atoms with Crippen molar-refractivity contribution in [3.8, 4) is 17.0 Å². The smallest absolute Gasteiger partial charge is 0.406 e. The highest BCUT2D eigenvalue weighted by Crippen LogP contribution is 2.31. The number of hydrogen-bond acceptors (Lipinski definition) is 7. The molecule has 1 aromatic carbocycles. The van der Waals surface area contributed by atoms with Gasteiger partial charge in [0.1, 0.15) is 17.3 Å². The van der Waals surface area contributed by atoms with E-state index in [0.29, 0.717) is 55.4 Å². The van der Waals surface area contributed by atoms with Gasteiger partial charge in [0.25, 0.3) is 0 Å². The molecule has 39 heavy (non-hydrogen) atoms. The summed E-state index contributed by atoms with van der Waals surface area (Å²) in [6.45, 7) is 4.36. The van der Waals surface area contributed by atoms with E-state index in [1.165, 1.54) is 30.7 Å². The fourth-order valence-electron chi connectivity index (χ4n) is 4.95. The van der Waals surface area contributed by atoms with Crippen molar-refractivity contribution in [2.24, 2.45) is 0 Å². The average molecular weight is 546 g/mol. The second kappa shape index (κ2) is 11.5. The number of halogens is 3. The number of likely N-dealkylation sites (tertiary alicyclic amines) is 1. The van der Waals surface area contributed by atoms with Crippen molar-refractivity contribution >= 4 is 23.3 Å². The SMILES string of the molecule is O=C(CNc1c(-c2ccc(OC(F)(F)F)cc2)nc2cnccn12)N1CCN(CC(=O)N2CCCCC2)CC1. The molecule has 1 N–H and O–H groups in total. The molecule has 0 bridgehead atoms. The molecule has 2 aliphatic heterocycles. The van der Waals surface area contributed by atoms with Crippen LogP contribution in [0.15, 0.2) is 42.9 Å². The van der Waals surface area contributed by atoms with Crippen LogP contribution >= 0.6 is 0 Å². The quantitative estimate of drug-likeness (QED) is 0.488. The molecule has 4 heterocycles. The number of fused-ring (bicyclic) bond motifs is 1. The normalized spacial score (nSPS) is 16.9. The van der Waals surface area contributed by atoms with Gasteiger partial charge in [-0.05, 0) is 43.5 Å². The minimum atomic E-state index is -4.78. The first-order valence-corrected chi connectivity index (χ1v) is 13.0. The largest absolute Gasteiger partial charge is 0.573 e. The van der Waals surface area contributed by atoms with Crippen molar-refractivity contribution in [1.29, 1.82) is 0 Å². The van der Waals surface area contributed by atoms with Crippen molar-refractivity contribution < 1.29 is 27.5 Å². The van der Waals surface area contributed by atoms with Gasteiger partial charge in [-0.1, -0.05) is 0 Å². The lowest BCUT2D eigenvalue weighted by Crippen LogP contribution is -2.52. The summed E-state index contributed by atoms with van der Waals surface area (Å²) in [4.78, 5) is 40.0. The van der Waals surface area contributed by atoms with Gasteiger partial charge in [-0.2, -0.15) is 0 Å². The zero-order valence-corrected chi connectivity index (χ0v) is 21.4. The zero-order chi connectivity index (χ0) is 27.4. The van der Waals surface area contributed by atoms with Crippen LogP contribution in [0.2, 0.25) is 0 Å². The van der Waals surface area contributed by atoms with Crippen LogP contribution in [0, 0.1) is 0 Å². The lowest BCUT2D eigenvalue weighted by Gasteiger charge is -2.36. The Hall–Kier alpha value is -3.87. The summed E-state index contributed by atoms with van der Waals surface area (Å²) in [7, 11) is 0. The number of amides is 2. The maximum absolute atomic E-state index is 13.0. The monoisotopic (exact) mass is 545 g/mol. The van der Waals surface area contributed by atoms with E-state index in [1.807, 2.05) is 4.90 Å². The number of aromatic nitrogens is 3. The van der Waals surface area contributed by atoms with E-state index in [4.69, 9.17) is 0 Å². The predicted octanol–water partition coefficient (Wildman–Crippen LogP) is 2.86. The molecule has 0 atom stereocenters. The summed E-state index contributed by atoms with van der Waals surface area (Å²) in [6.07, 6.45) is 3.34. The molecular formula is C26H30F3N7O3. The molecule has 10 nitrogen and oxygen atoms in total. The third-order valence-corrected chi connectivity index (χ3v) is 6.99. The number of carbonyl (C=O) groups excluding carboxylic acids is 2. The van der Waals surface area contributed by atoms with Crippen LogP contribution in [-0.4, -0.2) is 99.6 Å². The van der Waals surface area contributed by atoms with Gasteiger partial charge in [0, 0.05) is 57.2 Å². The number of imidazole rings is 1. The van der Waals surface area contributed by atoms with E-state index < -0.39 is 6.36 Å². The molecule has 2 aliphatic rings. The zero-order valence-electron chi connectivity index (χ0n) is 21.4. The second-order valence-corrected chi connectivity index (χ2v) is 9.64. The topological polar surface area (TPSA) is 95.3 Å². The number of benzene rings is 1. The van der Waals surface area contributed by atoms with E-state index in [1.54, 1.807) is 27.9 Å². The van der Waals surface area contributed by atoms with E-state index in [9.17, 15) is 22.8 Å². The summed E-state index contributed by atoms with van der Waals surface area (Å²) in [5.74, 6) is 0.249. The van der Waals surface area contributed by atoms with Gasteiger partial charge >= 0.3 is 6.36 Å². The van der Waals surface area contributed by atoms with E-state index in [2.05, 4.69) is 24.9 Å². The lowest BCUT2D eigenvalue weighted by atomic mass is 10.1. The molecule has 2 aromatic heterocycles. The third-order valence-electron chi connectivity index (χ3n) is 6.99. The lowest BCUT2D eigenvalue weighted by molar-refractivity contribution is -0.274. The summed E-state index contributed by atoms with van der Waals surface area (Å²) in [5, 5.41) is 3.17. The fourth-order valence-corrected chi connectivity index (χ4v) is 4.95. The molecule has 3 aromatic rings. The van der Waals surface area contributed by atoms with Crippen LogP contribution in [0.3, 0.4) is 0 Å². The highest BCUT2D eigenvalue weighted by molar-refractivity contribution is 5.84. The molecule has 0 radical (unpaired) electrons. The molecule has 13 heteroatoms. The molecule has 2 saturated heterocycles. The molecule has 0 unspecified atom stereocenters. The van der Waals surface area contributed by atoms with Crippen molar-refractivity contribution in [2.45, 2.75) is 25.6 Å². The number of nitrogens with zero attached hydrogens (tertiary/aromatic N) is 6. The van der Waals surface area contributed by atoms with Crippen molar-refractivity contribution in [3.63, 3.8) is 0 Å². The number of ether oxygens (including phenoxy) is 1. The van der Waals surface area contributed by atoms with Gasteiger partial charge in [0.15, 0.2) is 5.65 Å². The number of alkyl halides is 3. The molecule has 5 rings (SSSR count). The van der Waals surface area contributed by atoms with Gasteiger partial charge in [0.05, 0.1) is 19.3 Å². The van der Waals surface area contributed by atoms with Crippen LogP contribution in [0.4, 0.5) is 19.0 Å². The molecule has 0 saturated carbocycles. The molecule has 208 valence electrons. The first-order valence-electron chi connectivity index (χ1n) is 13.0. The Morgan fingerprint density at radius 1 is 0.923 bits per heavy atom. The van der Waals surface area contributed by atoms with Gasteiger partial charge < -0.3 is 19.9 Å². The van der Waals surface area contributed by atoms with E-state index in [-0.39, 0.29) is 24.1 Å². The Bertz CT molecular complexity index is 1300. The molecule has 0 aliphatic carbocycles. The molecule has 2 amide bonds. The number of hydrogen-bond donors (Lipinski definition) is 1. The maximum Gasteiger partial charge on any atom is 0.573 e. The average Bonchev–Trinajstić information content (AvgIpc) is 3.30. The fraction of sp³-hybridized carbons (Fsp3) is 0.462. The summed E-state index contributed by atoms with van der Waals surface area (Å²) < 4.78 is 43.3. The summed E-state index contributed by atoms with van der Waals surface area (Å²) in [5.41, 5.74) is 1.54. The van der Waals surface area contributed by atoms with Crippen molar-refractivity contribution in [3.05, 3.63) is 42.9 Å². The number of rotatable bonds is 7. The number of nitrogens with one attached hydrogen (secondary N) is 1. The van der Waals surface area contributed by atoms with Crippen LogP contribution in [-0.2, 0) is 9.59 Å². The van der Waals surface area contributed by atoms with Gasteiger partial charge in [-0.15, -0.1) is 13.2 Å². The minimum Gasteiger partial charge on any atom is -0.406 e. The number of piperidine rings is 1. The second-order valence-electron chi connectivity index (χ2n) is 9.64. The number of piperazine rings is 1. The Labute approximate surface area is 223 Å². The predicted molar refractivity (Wildman–Crippen MR) is 137 cm³/mol. The molecule has 2 fully saturated rings. The first-order chi connectivity index (χ1) is 18.8. The first kappa shape index (κ1) is 26.7. The highest BCUT2D eigenvalue weighted by Gasteiger charge is 2.31. The van der Waals surface area contributed by atoms with E-state index in [0.717, 1.165) is 25.9 Å². The van der Waals surface area contributed by atoms with Gasteiger partial charge in [-0.3, -0.25) is 23.9 Å². The van der Waals surface area contributed by atoms with Crippen molar-refractivity contribution in [1.82, 2.24) is 29.1 Å². The Balaban J connectivity index is 1.21. The van der Waals surface area contributed by atoms with Crippen molar-refractivity contribution in [2.75, 3.05) is 57.7 Å².